The summed E-state index contributed by atoms with van der Waals surface area (Å²) in [5.41, 5.74) is -0.670. The first-order valence-corrected chi connectivity index (χ1v) is 4.98. The molecule has 0 heterocycles. The van der Waals surface area contributed by atoms with Gasteiger partial charge in [0.2, 0.25) is 0 Å². The molecule has 0 bridgehead atoms. The number of hydrogen-bond acceptors (Lipinski definition) is 5. The van der Waals surface area contributed by atoms with Crippen LogP contribution in [0.1, 0.15) is 28.8 Å². The molecule has 7 heteroatoms. The van der Waals surface area contributed by atoms with Crippen LogP contribution in [-0.4, -0.2) is 29.1 Å². The van der Waals surface area contributed by atoms with Gasteiger partial charge in [-0.15, -0.1) is 0 Å². The number of rotatable bonds is 4. The molecule has 0 fully saturated rings. The van der Waals surface area contributed by atoms with E-state index in [0.29, 0.717) is 0 Å². The molecular formula is C11H11NO6. The second kappa shape index (κ2) is 5.26. The third-order valence-electron chi connectivity index (χ3n) is 2.49. The number of hydrogen-bond donors (Lipinski definition) is 1. The Morgan fingerprint density at radius 1 is 1.44 bits per heavy atom. The van der Waals surface area contributed by atoms with Crippen molar-refractivity contribution in [1.29, 1.82) is 0 Å². The van der Waals surface area contributed by atoms with Gasteiger partial charge in [-0.1, -0.05) is 6.07 Å². The fourth-order valence-electron chi connectivity index (χ4n) is 1.58. The molecule has 1 atom stereocenters. The lowest BCUT2D eigenvalue weighted by Crippen LogP contribution is -2.15. The first-order valence-electron chi connectivity index (χ1n) is 4.98. The smallest absolute Gasteiger partial charge is 0.338 e. The highest BCUT2D eigenvalue weighted by Crippen LogP contribution is 2.30. The summed E-state index contributed by atoms with van der Waals surface area (Å²) in [4.78, 5) is 32.6. The Labute approximate surface area is 102 Å². The average Bonchev–Trinajstić information content (AvgIpc) is 2.35. The second-order valence-electron chi connectivity index (χ2n) is 3.55. The number of aliphatic carboxylic acids is 1. The highest BCUT2D eigenvalue weighted by atomic mass is 16.6. The highest BCUT2D eigenvalue weighted by molar-refractivity contribution is 5.94. The lowest BCUT2D eigenvalue weighted by atomic mass is 9.94. The number of methoxy groups -OCH3 is 1. The van der Waals surface area contributed by atoms with Crippen LogP contribution in [0.2, 0.25) is 0 Å². The maximum atomic E-state index is 11.5. The molecular weight excluding hydrogens is 242 g/mol. The van der Waals surface area contributed by atoms with Crippen LogP contribution in [0.25, 0.3) is 0 Å². The largest absolute Gasteiger partial charge is 0.481 e. The molecule has 0 saturated heterocycles. The van der Waals surface area contributed by atoms with Crippen molar-refractivity contribution in [3.63, 3.8) is 0 Å². The van der Waals surface area contributed by atoms with E-state index in [2.05, 4.69) is 4.74 Å². The van der Waals surface area contributed by atoms with Crippen molar-refractivity contribution in [3.8, 4) is 0 Å². The quantitative estimate of drug-likeness (QED) is 0.495. The van der Waals surface area contributed by atoms with Crippen LogP contribution >= 0.6 is 0 Å². The Kier molecular flexibility index (Phi) is 3.98. The zero-order chi connectivity index (χ0) is 13.9. The maximum absolute atomic E-state index is 11.5. The first kappa shape index (κ1) is 13.6. The standard InChI is InChI=1S/C11H11NO6/c1-6(10(13)14)9-7(11(15)18-2)4-3-5-8(9)12(16)17/h3-6H,1-2H3,(H,13,14). The number of carbonyl (C=O) groups excluding carboxylic acids is 1. The highest BCUT2D eigenvalue weighted by Gasteiger charge is 2.29. The van der Waals surface area contributed by atoms with Gasteiger partial charge in [0.05, 0.1) is 29.1 Å². The van der Waals surface area contributed by atoms with Crippen molar-refractivity contribution >= 4 is 17.6 Å². The lowest BCUT2D eigenvalue weighted by Gasteiger charge is -2.11. The van der Waals surface area contributed by atoms with Crippen molar-refractivity contribution in [2.24, 2.45) is 0 Å². The Balaban J connectivity index is 3.53. The minimum Gasteiger partial charge on any atom is -0.481 e. The van der Waals surface area contributed by atoms with Gasteiger partial charge < -0.3 is 9.84 Å². The predicted octanol–water partition coefficient (Wildman–Crippen LogP) is 1.57. The van der Waals surface area contributed by atoms with Gasteiger partial charge in [0.25, 0.3) is 5.69 Å². The summed E-state index contributed by atoms with van der Waals surface area (Å²) in [7, 11) is 1.12. The van der Waals surface area contributed by atoms with E-state index in [1.807, 2.05) is 0 Å². The molecule has 1 aromatic carbocycles. The molecule has 18 heavy (non-hydrogen) atoms. The van der Waals surface area contributed by atoms with Crippen molar-refractivity contribution in [3.05, 3.63) is 39.4 Å². The third kappa shape index (κ3) is 2.45. The molecule has 1 N–H and O–H groups in total. The summed E-state index contributed by atoms with van der Waals surface area (Å²) in [6, 6.07) is 3.76. The Morgan fingerprint density at radius 2 is 2.06 bits per heavy atom. The summed E-state index contributed by atoms with van der Waals surface area (Å²) >= 11 is 0. The normalized spacial score (nSPS) is 11.7. The van der Waals surface area contributed by atoms with E-state index in [9.17, 15) is 19.7 Å². The summed E-state index contributed by atoms with van der Waals surface area (Å²) in [5, 5.41) is 19.8. The lowest BCUT2D eigenvalue weighted by molar-refractivity contribution is -0.385. The molecule has 96 valence electrons. The molecule has 0 aliphatic carbocycles. The Bertz CT molecular complexity index is 510. The van der Waals surface area contributed by atoms with Crippen molar-refractivity contribution in [2.45, 2.75) is 12.8 Å². The molecule has 1 rings (SSSR count). The summed E-state index contributed by atoms with van der Waals surface area (Å²) in [6.07, 6.45) is 0. The van der Waals surface area contributed by atoms with Crippen molar-refractivity contribution in [1.82, 2.24) is 0 Å². The number of carboxylic acid groups (broad SMARTS) is 1. The van der Waals surface area contributed by atoms with Crippen LogP contribution in [0.4, 0.5) is 5.69 Å². The summed E-state index contributed by atoms with van der Waals surface area (Å²) in [6.45, 7) is 1.27. The molecule has 0 spiro atoms. The fourth-order valence-corrected chi connectivity index (χ4v) is 1.58. The molecule has 7 nitrogen and oxygen atoms in total. The molecule has 1 unspecified atom stereocenters. The number of nitrogens with zero attached hydrogens (tertiary/aromatic N) is 1. The van der Waals surface area contributed by atoms with Gasteiger partial charge in [-0.05, 0) is 13.0 Å². The van der Waals surface area contributed by atoms with Gasteiger partial charge >= 0.3 is 11.9 Å². The Hall–Kier alpha value is -2.44. The van der Waals surface area contributed by atoms with Crippen molar-refractivity contribution in [2.75, 3.05) is 7.11 Å². The van der Waals surface area contributed by atoms with Crippen LogP contribution in [-0.2, 0) is 9.53 Å². The van der Waals surface area contributed by atoms with E-state index in [1.54, 1.807) is 0 Å². The zero-order valence-electron chi connectivity index (χ0n) is 9.75. The van der Waals surface area contributed by atoms with Gasteiger partial charge in [0.1, 0.15) is 0 Å². The van der Waals surface area contributed by atoms with Crippen LogP contribution in [0.15, 0.2) is 18.2 Å². The maximum Gasteiger partial charge on any atom is 0.338 e. The number of carboxylic acids is 1. The van der Waals surface area contributed by atoms with Crippen LogP contribution < -0.4 is 0 Å². The van der Waals surface area contributed by atoms with E-state index in [4.69, 9.17) is 5.11 Å². The third-order valence-corrected chi connectivity index (χ3v) is 2.49. The van der Waals surface area contributed by atoms with Crippen LogP contribution in [0.5, 0.6) is 0 Å². The second-order valence-corrected chi connectivity index (χ2v) is 3.55. The van der Waals surface area contributed by atoms with E-state index in [-0.39, 0.29) is 11.1 Å². The van der Waals surface area contributed by atoms with Crippen LogP contribution in [0, 0.1) is 10.1 Å². The van der Waals surface area contributed by atoms with Gasteiger partial charge in [-0.2, -0.15) is 0 Å². The predicted molar refractivity (Wildman–Crippen MR) is 60.5 cm³/mol. The minimum absolute atomic E-state index is 0.110. The molecule has 0 aliphatic rings. The SMILES string of the molecule is COC(=O)c1cccc([N+](=O)[O-])c1C(C)C(=O)O. The van der Waals surface area contributed by atoms with E-state index >= 15 is 0 Å². The van der Waals surface area contributed by atoms with Gasteiger partial charge in [0.15, 0.2) is 0 Å². The number of nitro benzene ring substituents is 1. The van der Waals surface area contributed by atoms with E-state index < -0.39 is 28.5 Å². The molecule has 0 aromatic heterocycles. The van der Waals surface area contributed by atoms with E-state index in [0.717, 1.165) is 13.2 Å². The summed E-state index contributed by atoms with van der Waals surface area (Å²) < 4.78 is 4.49. The Morgan fingerprint density at radius 3 is 2.50 bits per heavy atom. The van der Waals surface area contributed by atoms with Gasteiger partial charge in [0, 0.05) is 6.07 Å². The number of esters is 1. The molecule has 1 aromatic rings. The average molecular weight is 253 g/mol. The molecule has 0 aliphatic heterocycles. The van der Waals surface area contributed by atoms with E-state index in [1.165, 1.54) is 19.1 Å². The summed E-state index contributed by atoms with van der Waals surface area (Å²) in [5.74, 6) is -3.24. The number of carbonyl (C=O) groups is 2. The zero-order valence-corrected chi connectivity index (χ0v) is 9.75. The van der Waals surface area contributed by atoms with Gasteiger partial charge in [-0.3, -0.25) is 14.9 Å². The fraction of sp³-hybridized carbons (Fsp3) is 0.273. The topological polar surface area (TPSA) is 107 Å². The number of ether oxygens (including phenoxy) is 1. The number of benzene rings is 1. The number of nitro groups is 1. The first-order chi connectivity index (χ1) is 8.40. The monoisotopic (exact) mass is 253 g/mol. The molecule has 0 radical (unpaired) electrons. The van der Waals surface area contributed by atoms with Gasteiger partial charge in [-0.25, -0.2) is 4.79 Å². The minimum atomic E-state index is -1.26. The molecule has 0 amide bonds. The van der Waals surface area contributed by atoms with Crippen LogP contribution in [0.3, 0.4) is 0 Å². The van der Waals surface area contributed by atoms with Crippen molar-refractivity contribution < 1.29 is 24.4 Å². The molecule has 0 saturated carbocycles.